The van der Waals surface area contributed by atoms with Gasteiger partial charge in [0.15, 0.2) is 12.0 Å². The molecule has 0 saturated carbocycles. The molecular weight excluding hydrogens is 601 g/mol. The van der Waals surface area contributed by atoms with Crippen LogP contribution in [0, 0.1) is 19.8 Å². The molecule has 0 spiro atoms. The molecule has 0 radical (unpaired) electrons. The standard InChI is InChI=1S/C34H39F3N4O5/c1-19(2)12-27(41-17-22(10-11-40(5)6)25(15-29(41)42)34(35,36)37)33(45)39-26(16-30(43)44)24-13-23(14-28-32(24)38-18-46-28)31-20(3)8-7-9-21(31)4/h7-9,13-15,17-19,26-27H,10-12,16H2,1-6H3,(H,39,45)(H,43,44)/t26-,27+/m1/s1. The van der Waals surface area contributed by atoms with Crippen molar-refractivity contribution in [2.45, 2.75) is 65.2 Å². The fourth-order valence-electron chi connectivity index (χ4n) is 5.79. The Morgan fingerprint density at radius 2 is 1.78 bits per heavy atom. The van der Waals surface area contributed by atoms with Crippen molar-refractivity contribution in [2.75, 3.05) is 20.6 Å². The predicted molar refractivity (Wildman–Crippen MR) is 169 cm³/mol. The van der Waals surface area contributed by atoms with Gasteiger partial charge < -0.3 is 24.3 Å². The summed E-state index contributed by atoms with van der Waals surface area (Å²) < 4.78 is 48.5. The highest BCUT2D eigenvalue weighted by molar-refractivity contribution is 5.88. The Morgan fingerprint density at radius 3 is 2.37 bits per heavy atom. The molecule has 1 amide bonds. The molecule has 0 bridgehead atoms. The van der Waals surface area contributed by atoms with Gasteiger partial charge in [-0.2, -0.15) is 13.2 Å². The smallest absolute Gasteiger partial charge is 0.416 e. The Kier molecular flexibility index (Phi) is 10.4. The summed E-state index contributed by atoms with van der Waals surface area (Å²) in [4.78, 5) is 45.4. The van der Waals surface area contributed by atoms with E-state index in [2.05, 4.69) is 10.3 Å². The number of hydrogen-bond acceptors (Lipinski definition) is 6. The van der Waals surface area contributed by atoms with E-state index in [9.17, 15) is 32.7 Å². The van der Waals surface area contributed by atoms with Crippen LogP contribution in [-0.2, 0) is 22.2 Å². The Bertz CT molecular complexity index is 1770. The van der Waals surface area contributed by atoms with Crippen LogP contribution >= 0.6 is 0 Å². The van der Waals surface area contributed by atoms with Crippen LogP contribution < -0.4 is 10.9 Å². The van der Waals surface area contributed by atoms with E-state index in [4.69, 9.17) is 4.42 Å². The number of carboxylic acid groups (broad SMARTS) is 1. The SMILES string of the molecule is Cc1cccc(C)c1-c1cc([C@@H](CC(=O)O)NC(=O)[C@H](CC(C)C)n2cc(CCN(C)C)c(C(F)(F)F)cc2=O)c2ncoc2c1. The molecule has 2 heterocycles. The average Bonchev–Trinajstić information content (AvgIpc) is 3.42. The number of carbonyl (C=O) groups excluding carboxylic acids is 1. The highest BCUT2D eigenvalue weighted by atomic mass is 19.4. The highest BCUT2D eigenvalue weighted by Gasteiger charge is 2.36. The number of fused-ring (bicyclic) bond motifs is 1. The zero-order valence-corrected chi connectivity index (χ0v) is 26.7. The third-order valence-corrected chi connectivity index (χ3v) is 7.94. The van der Waals surface area contributed by atoms with Crippen molar-refractivity contribution in [1.82, 2.24) is 19.8 Å². The number of alkyl halides is 3. The number of benzene rings is 2. The summed E-state index contributed by atoms with van der Waals surface area (Å²) in [5, 5.41) is 12.7. The van der Waals surface area contributed by atoms with Crippen molar-refractivity contribution in [2.24, 2.45) is 5.92 Å². The lowest BCUT2D eigenvalue weighted by Crippen LogP contribution is -2.40. The first-order valence-electron chi connectivity index (χ1n) is 15.0. The third-order valence-electron chi connectivity index (χ3n) is 7.94. The van der Waals surface area contributed by atoms with E-state index in [1.807, 2.05) is 45.9 Å². The second kappa shape index (κ2) is 13.9. The van der Waals surface area contributed by atoms with Gasteiger partial charge in [0.1, 0.15) is 11.6 Å². The number of rotatable bonds is 12. The van der Waals surface area contributed by atoms with Crippen molar-refractivity contribution in [3.8, 4) is 11.1 Å². The molecule has 46 heavy (non-hydrogen) atoms. The minimum absolute atomic E-state index is 0.00493. The molecule has 0 fully saturated rings. The normalized spacial score (nSPS) is 13.4. The number of aryl methyl sites for hydroxylation is 2. The fourth-order valence-corrected chi connectivity index (χ4v) is 5.79. The van der Waals surface area contributed by atoms with Gasteiger partial charge in [0.2, 0.25) is 5.91 Å². The lowest BCUT2D eigenvalue weighted by Gasteiger charge is -2.26. The average molecular weight is 641 g/mol. The molecule has 2 atom stereocenters. The molecule has 246 valence electrons. The van der Waals surface area contributed by atoms with Crippen molar-refractivity contribution in [1.29, 1.82) is 0 Å². The van der Waals surface area contributed by atoms with Gasteiger partial charge >= 0.3 is 12.1 Å². The van der Waals surface area contributed by atoms with Crippen molar-refractivity contribution in [3.63, 3.8) is 0 Å². The second-order valence-electron chi connectivity index (χ2n) is 12.3. The summed E-state index contributed by atoms with van der Waals surface area (Å²) in [5.74, 6) is -2.03. The third kappa shape index (κ3) is 7.85. The van der Waals surface area contributed by atoms with Gasteiger partial charge in [0.05, 0.1) is 18.0 Å². The van der Waals surface area contributed by atoms with Crippen molar-refractivity contribution in [3.05, 3.63) is 87.2 Å². The summed E-state index contributed by atoms with van der Waals surface area (Å²) in [6, 6.07) is 7.64. The van der Waals surface area contributed by atoms with Gasteiger partial charge in [-0.3, -0.25) is 14.4 Å². The van der Waals surface area contributed by atoms with Crippen LogP contribution in [0.4, 0.5) is 13.2 Å². The summed E-state index contributed by atoms with van der Waals surface area (Å²) in [5.41, 5.74) is 2.63. The Labute approximate surface area is 265 Å². The molecular formula is C34H39F3N4O5. The molecule has 0 unspecified atom stereocenters. The number of hydrogen-bond donors (Lipinski definition) is 2. The summed E-state index contributed by atoms with van der Waals surface area (Å²) >= 11 is 0. The second-order valence-corrected chi connectivity index (χ2v) is 12.3. The number of halogens is 3. The monoisotopic (exact) mass is 640 g/mol. The number of amides is 1. The van der Waals surface area contributed by atoms with E-state index in [0.29, 0.717) is 22.7 Å². The number of nitrogens with one attached hydrogen (secondary N) is 1. The molecule has 4 rings (SSSR count). The zero-order chi connectivity index (χ0) is 33.9. The lowest BCUT2D eigenvalue weighted by molar-refractivity contribution is -0.139. The highest BCUT2D eigenvalue weighted by Crippen LogP contribution is 2.36. The topological polar surface area (TPSA) is 118 Å². The number of likely N-dealkylation sites (N-methyl/N-ethyl adjacent to an activating group) is 1. The van der Waals surface area contributed by atoms with Crippen LogP contribution in [0.5, 0.6) is 0 Å². The van der Waals surface area contributed by atoms with Gasteiger partial charge in [-0.15, -0.1) is 0 Å². The van der Waals surface area contributed by atoms with Crippen LogP contribution in [0.1, 0.15) is 66.6 Å². The maximum atomic E-state index is 14.1. The molecule has 0 aliphatic carbocycles. The number of aromatic nitrogens is 2. The summed E-state index contributed by atoms with van der Waals surface area (Å²) in [7, 11) is 3.45. The lowest BCUT2D eigenvalue weighted by atomic mass is 9.91. The van der Waals surface area contributed by atoms with E-state index in [0.717, 1.165) is 33.0 Å². The van der Waals surface area contributed by atoms with Crippen molar-refractivity contribution >= 4 is 23.0 Å². The predicted octanol–water partition coefficient (Wildman–Crippen LogP) is 6.32. The number of oxazole rings is 1. The first kappa shape index (κ1) is 34.4. The molecule has 0 aliphatic rings. The fraction of sp³-hybridized carbons (Fsp3) is 0.412. The van der Waals surface area contributed by atoms with Crippen LogP contribution in [0.2, 0.25) is 0 Å². The van der Waals surface area contributed by atoms with Crippen molar-refractivity contribution < 1.29 is 32.3 Å². The van der Waals surface area contributed by atoms with Gasteiger partial charge in [-0.05, 0) is 86.7 Å². The molecule has 2 N–H and O–H groups in total. The molecule has 9 nitrogen and oxygen atoms in total. The molecule has 4 aromatic rings. The molecule has 12 heteroatoms. The number of aliphatic carboxylic acids is 1. The number of carbonyl (C=O) groups is 2. The quantitative estimate of drug-likeness (QED) is 0.186. The Hall–Kier alpha value is -4.45. The summed E-state index contributed by atoms with van der Waals surface area (Å²) in [6.07, 6.45) is -2.81. The van der Waals surface area contributed by atoms with Gasteiger partial charge in [-0.1, -0.05) is 32.0 Å². The van der Waals surface area contributed by atoms with Gasteiger partial charge in [-0.25, -0.2) is 4.98 Å². The first-order valence-corrected chi connectivity index (χ1v) is 15.0. The Balaban J connectivity index is 1.82. The number of nitrogens with zero attached hydrogens (tertiary/aromatic N) is 3. The first-order chi connectivity index (χ1) is 21.6. The van der Waals surface area contributed by atoms with Gasteiger partial charge in [0, 0.05) is 24.4 Å². The minimum Gasteiger partial charge on any atom is -0.481 e. The zero-order valence-electron chi connectivity index (χ0n) is 26.7. The summed E-state index contributed by atoms with van der Waals surface area (Å²) in [6.45, 7) is 7.84. The largest absolute Gasteiger partial charge is 0.481 e. The maximum absolute atomic E-state index is 14.1. The van der Waals surface area contributed by atoms with E-state index >= 15 is 0 Å². The molecule has 0 aliphatic heterocycles. The van der Waals surface area contributed by atoms with Gasteiger partial charge in [0.25, 0.3) is 5.56 Å². The van der Waals surface area contributed by atoms with Crippen LogP contribution in [0.25, 0.3) is 22.2 Å². The van der Waals surface area contributed by atoms with Crippen LogP contribution in [0.3, 0.4) is 0 Å². The number of carboxylic acids is 1. The minimum atomic E-state index is -4.76. The molecule has 0 saturated heterocycles. The number of pyridine rings is 1. The van der Waals surface area contributed by atoms with Crippen LogP contribution in [-0.4, -0.2) is 52.1 Å². The maximum Gasteiger partial charge on any atom is 0.416 e. The van der Waals surface area contributed by atoms with E-state index in [1.54, 1.807) is 31.1 Å². The van der Waals surface area contributed by atoms with E-state index < -0.39 is 47.7 Å². The van der Waals surface area contributed by atoms with Crippen LogP contribution in [0.15, 0.2) is 58.2 Å². The van der Waals surface area contributed by atoms with E-state index in [1.165, 1.54) is 6.39 Å². The molecule has 2 aromatic carbocycles. The Morgan fingerprint density at radius 1 is 1.11 bits per heavy atom. The molecule has 2 aromatic heterocycles. The van der Waals surface area contributed by atoms with E-state index in [-0.39, 0.29) is 30.9 Å².